The maximum atomic E-state index is 11.9. The number of aryl methyl sites for hydroxylation is 1. The number of nitrogens with zero attached hydrogens (tertiary/aromatic N) is 1. The number of H-pyrrole nitrogens is 1. The van der Waals surface area contributed by atoms with Gasteiger partial charge in [-0.3, -0.25) is 9.89 Å². The van der Waals surface area contributed by atoms with E-state index in [0.717, 1.165) is 31.4 Å². The lowest BCUT2D eigenvalue weighted by Crippen LogP contribution is -2.21. The number of nitrogens with two attached hydrogens (primary N) is 1. The third kappa shape index (κ3) is 1.80. The Morgan fingerprint density at radius 2 is 2.13 bits per heavy atom. The maximum Gasteiger partial charge on any atom is 0.290 e. The molecule has 84 valence electrons. The Bertz CT molecular complexity index is 385. The molecular weight excluding hydrogens is 190 g/mol. The van der Waals surface area contributed by atoms with Crippen LogP contribution < -0.4 is 11.3 Å². The van der Waals surface area contributed by atoms with Crippen LogP contribution in [0.3, 0.4) is 0 Å². The minimum atomic E-state index is -0.0228. The average Bonchev–Trinajstić information content (AvgIpc) is 2.82. The van der Waals surface area contributed by atoms with Gasteiger partial charge in [-0.2, -0.15) is 0 Å². The Morgan fingerprint density at radius 3 is 2.73 bits per heavy atom. The standard InChI is InChI=1S/C11H19N3O/c1-2-5-9-10(12)11(15)14(13-9)8-6-3-4-7-8/h8,13H,2-7,12H2,1H3. The van der Waals surface area contributed by atoms with Gasteiger partial charge in [0.2, 0.25) is 0 Å². The van der Waals surface area contributed by atoms with E-state index in [1.54, 1.807) is 4.68 Å². The Morgan fingerprint density at radius 1 is 1.47 bits per heavy atom. The van der Waals surface area contributed by atoms with Gasteiger partial charge in [-0.1, -0.05) is 26.2 Å². The first kappa shape index (κ1) is 10.3. The third-order valence-corrected chi connectivity index (χ3v) is 3.22. The highest BCUT2D eigenvalue weighted by molar-refractivity contribution is 5.40. The predicted octanol–water partition coefficient (Wildman–Crippen LogP) is 1.83. The van der Waals surface area contributed by atoms with Crippen molar-refractivity contribution >= 4 is 5.69 Å². The number of aromatic nitrogens is 2. The fraction of sp³-hybridized carbons (Fsp3) is 0.727. The molecule has 1 saturated carbocycles. The Kier molecular flexibility index (Phi) is 2.84. The van der Waals surface area contributed by atoms with E-state index in [1.807, 2.05) is 0 Å². The maximum absolute atomic E-state index is 11.9. The molecule has 0 aliphatic heterocycles. The van der Waals surface area contributed by atoms with E-state index in [4.69, 9.17) is 5.73 Å². The summed E-state index contributed by atoms with van der Waals surface area (Å²) in [6, 6.07) is 0.352. The molecule has 15 heavy (non-hydrogen) atoms. The van der Waals surface area contributed by atoms with Crippen molar-refractivity contribution in [1.29, 1.82) is 0 Å². The lowest BCUT2D eigenvalue weighted by Gasteiger charge is -2.09. The van der Waals surface area contributed by atoms with Crippen molar-refractivity contribution in [2.45, 2.75) is 51.5 Å². The zero-order chi connectivity index (χ0) is 10.8. The SMILES string of the molecule is CCCc1[nH]n(C2CCCC2)c(=O)c1N. The van der Waals surface area contributed by atoms with Crippen LogP contribution in [0.2, 0.25) is 0 Å². The van der Waals surface area contributed by atoms with E-state index in [-0.39, 0.29) is 5.56 Å². The third-order valence-electron chi connectivity index (χ3n) is 3.22. The van der Waals surface area contributed by atoms with Crippen molar-refractivity contribution in [3.05, 3.63) is 16.0 Å². The number of rotatable bonds is 3. The van der Waals surface area contributed by atoms with Crippen LogP contribution in [0.5, 0.6) is 0 Å². The summed E-state index contributed by atoms with van der Waals surface area (Å²) in [5.74, 6) is 0. The van der Waals surface area contributed by atoms with Crippen LogP contribution in [0.25, 0.3) is 0 Å². The minimum Gasteiger partial charge on any atom is -0.393 e. The number of hydrogen-bond acceptors (Lipinski definition) is 2. The molecule has 1 aliphatic rings. The number of anilines is 1. The van der Waals surface area contributed by atoms with Crippen LogP contribution in [0, 0.1) is 0 Å². The van der Waals surface area contributed by atoms with Crippen LogP contribution in [0.1, 0.15) is 50.8 Å². The van der Waals surface area contributed by atoms with Crippen LogP contribution in [0.4, 0.5) is 5.69 Å². The summed E-state index contributed by atoms with van der Waals surface area (Å²) in [5.41, 5.74) is 7.10. The van der Waals surface area contributed by atoms with Crippen molar-refractivity contribution in [2.24, 2.45) is 0 Å². The van der Waals surface area contributed by atoms with Crippen LogP contribution in [-0.2, 0) is 6.42 Å². The van der Waals surface area contributed by atoms with Gasteiger partial charge in [0.1, 0.15) is 5.69 Å². The molecule has 1 aromatic heterocycles. The van der Waals surface area contributed by atoms with Gasteiger partial charge in [0.15, 0.2) is 0 Å². The zero-order valence-electron chi connectivity index (χ0n) is 9.25. The van der Waals surface area contributed by atoms with Gasteiger partial charge in [0.25, 0.3) is 5.56 Å². The molecule has 0 radical (unpaired) electrons. The lowest BCUT2D eigenvalue weighted by molar-refractivity contribution is 0.451. The number of aromatic amines is 1. The van der Waals surface area contributed by atoms with E-state index in [0.29, 0.717) is 11.7 Å². The average molecular weight is 209 g/mol. The second kappa shape index (κ2) is 4.13. The van der Waals surface area contributed by atoms with Gasteiger partial charge in [-0.25, -0.2) is 4.68 Å². The van der Waals surface area contributed by atoms with Crippen molar-refractivity contribution in [1.82, 2.24) is 9.78 Å². The highest BCUT2D eigenvalue weighted by Gasteiger charge is 2.21. The summed E-state index contributed by atoms with van der Waals surface area (Å²) >= 11 is 0. The molecule has 1 aliphatic carbocycles. The van der Waals surface area contributed by atoms with Crippen LogP contribution >= 0.6 is 0 Å². The van der Waals surface area contributed by atoms with Gasteiger partial charge in [-0.05, 0) is 19.3 Å². The fourth-order valence-corrected chi connectivity index (χ4v) is 2.38. The van der Waals surface area contributed by atoms with Gasteiger partial charge in [-0.15, -0.1) is 0 Å². The lowest BCUT2D eigenvalue weighted by atomic mass is 10.2. The first-order chi connectivity index (χ1) is 7.24. The largest absolute Gasteiger partial charge is 0.393 e. The van der Waals surface area contributed by atoms with E-state index < -0.39 is 0 Å². The zero-order valence-corrected chi connectivity index (χ0v) is 9.25. The molecule has 3 N–H and O–H groups in total. The van der Waals surface area contributed by atoms with Crippen LogP contribution in [0.15, 0.2) is 4.79 Å². The normalized spacial score (nSPS) is 17.4. The van der Waals surface area contributed by atoms with E-state index in [1.165, 1.54) is 12.8 Å². The molecule has 4 heteroatoms. The number of nitrogens with one attached hydrogen (secondary N) is 1. The molecule has 0 spiro atoms. The summed E-state index contributed by atoms with van der Waals surface area (Å²) in [5, 5.41) is 3.17. The fourth-order valence-electron chi connectivity index (χ4n) is 2.38. The summed E-state index contributed by atoms with van der Waals surface area (Å²) in [7, 11) is 0. The van der Waals surface area contributed by atoms with Gasteiger partial charge >= 0.3 is 0 Å². The molecule has 1 fully saturated rings. The monoisotopic (exact) mass is 209 g/mol. The van der Waals surface area contributed by atoms with E-state index >= 15 is 0 Å². The molecule has 0 atom stereocenters. The predicted molar refractivity (Wildman–Crippen MR) is 61.0 cm³/mol. The highest BCUT2D eigenvalue weighted by atomic mass is 16.1. The molecule has 0 aromatic carbocycles. The Labute approximate surface area is 89.5 Å². The van der Waals surface area contributed by atoms with E-state index in [2.05, 4.69) is 12.0 Å². The van der Waals surface area contributed by atoms with Crippen molar-refractivity contribution in [3.8, 4) is 0 Å². The quantitative estimate of drug-likeness (QED) is 0.797. The van der Waals surface area contributed by atoms with Crippen molar-refractivity contribution in [2.75, 3.05) is 5.73 Å². The summed E-state index contributed by atoms with van der Waals surface area (Å²) in [6.07, 6.45) is 6.52. The first-order valence-electron chi connectivity index (χ1n) is 5.83. The Balaban J connectivity index is 2.31. The molecular formula is C11H19N3O. The topological polar surface area (TPSA) is 63.8 Å². The Hall–Kier alpha value is -1.19. The van der Waals surface area contributed by atoms with Crippen LogP contribution in [-0.4, -0.2) is 9.78 Å². The molecule has 0 amide bonds. The minimum absolute atomic E-state index is 0.0228. The number of nitrogen functional groups attached to an aromatic ring is 1. The first-order valence-corrected chi connectivity index (χ1v) is 5.83. The molecule has 4 nitrogen and oxygen atoms in total. The smallest absolute Gasteiger partial charge is 0.290 e. The van der Waals surface area contributed by atoms with Gasteiger partial charge in [0, 0.05) is 0 Å². The summed E-state index contributed by atoms with van der Waals surface area (Å²) in [4.78, 5) is 11.9. The molecule has 0 saturated heterocycles. The summed E-state index contributed by atoms with van der Waals surface area (Å²) in [6.45, 7) is 2.09. The molecule has 2 rings (SSSR count). The van der Waals surface area contributed by atoms with Gasteiger partial charge < -0.3 is 5.73 Å². The molecule has 1 heterocycles. The highest BCUT2D eigenvalue weighted by Crippen LogP contribution is 2.28. The van der Waals surface area contributed by atoms with E-state index in [9.17, 15) is 4.79 Å². The summed E-state index contributed by atoms with van der Waals surface area (Å²) < 4.78 is 1.74. The molecule has 0 unspecified atom stereocenters. The van der Waals surface area contributed by atoms with Crippen molar-refractivity contribution < 1.29 is 0 Å². The second-order valence-corrected chi connectivity index (χ2v) is 4.37. The van der Waals surface area contributed by atoms with Crippen molar-refractivity contribution in [3.63, 3.8) is 0 Å². The van der Waals surface area contributed by atoms with Gasteiger partial charge in [0.05, 0.1) is 11.7 Å². The molecule has 0 bridgehead atoms. The molecule has 1 aromatic rings. The number of hydrogen-bond donors (Lipinski definition) is 2. The second-order valence-electron chi connectivity index (χ2n) is 4.37.